The Labute approximate surface area is 151 Å². The van der Waals surface area contributed by atoms with Crippen LogP contribution in [-0.4, -0.2) is 24.9 Å². The summed E-state index contributed by atoms with van der Waals surface area (Å²) < 4.78 is 4.64. The van der Waals surface area contributed by atoms with Gasteiger partial charge in [0.05, 0.1) is 12.7 Å². The SMILES string of the molecule is COC(=O)c1ccc(NC(=O)C2(C(=O)Nc3cccc(C)c3)CC2)cc1. The molecule has 0 bridgehead atoms. The highest BCUT2D eigenvalue weighted by molar-refractivity contribution is 6.17. The number of rotatable bonds is 5. The minimum atomic E-state index is -1.04. The van der Waals surface area contributed by atoms with Crippen molar-refractivity contribution in [1.82, 2.24) is 0 Å². The summed E-state index contributed by atoms with van der Waals surface area (Å²) in [5, 5.41) is 5.58. The van der Waals surface area contributed by atoms with Crippen LogP contribution in [0.4, 0.5) is 11.4 Å². The van der Waals surface area contributed by atoms with E-state index in [1.807, 2.05) is 25.1 Å². The van der Waals surface area contributed by atoms with E-state index in [9.17, 15) is 14.4 Å². The Morgan fingerprint density at radius 2 is 1.54 bits per heavy atom. The van der Waals surface area contributed by atoms with Crippen LogP contribution in [-0.2, 0) is 14.3 Å². The van der Waals surface area contributed by atoms with Gasteiger partial charge in [-0.15, -0.1) is 0 Å². The Morgan fingerprint density at radius 3 is 2.08 bits per heavy atom. The third kappa shape index (κ3) is 3.59. The lowest BCUT2D eigenvalue weighted by Crippen LogP contribution is -2.35. The lowest BCUT2D eigenvalue weighted by Gasteiger charge is -2.16. The number of methoxy groups -OCH3 is 1. The van der Waals surface area contributed by atoms with Gasteiger partial charge in [-0.1, -0.05) is 12.1 Å². The van der Waals surface area contributed by atoms with Crippen molar-refractivity contribution in [2.24, 2.45) is 5.41 Å². The first kappa shape index (κ1) is 17.7. The zero-order valence-corrected chi connectivity index (χ0v) is 14.7. The van der Waals surface area contributed by atoms with E-state index in [1.165, 1.54) is 7.11 Å². The average molecular weight is 352 g/mol. The third-order valence-corrected chi connectivity index (χ3v) is 4.46. The molecular formula is C20H20N2O4. The van der Waals surface area contributed by atoms with Gasteiger partial charge in [0.25, 0.3) is 0 Å². The van der Waals surface area contributed by atoms with Crippen LogP contribution in [0.5, 0.6) is 0 Å². The van der Waals surface area contributed by atoms with Crippen molar-refractivity contribution in [2.75, 3.05) is 17.7 Å². The smallest absolute Gasteiger partial charge is 0.337 e. The molecule has 0 aromatic heterocycles. The summed E-state index contributed by atoms with van der Waals surface area (Å²) in [6.07, 6.45) is 1.02. The zero-order valence-electron chi connectivity index (χ0n) is 14.7. The Balaban J connectivity index is 1.67. The van der Waals surface area contributed by atoms with Gasteiger partial charge in [0.15, 0.2) is 0 Å². The number of amides is 2. The molecule has 1 aliphatic rings. The summed E-state index contributed by atoms with van der Waals surface area (Å²) in [7, 11) is 1.31. The molecule has 3 rings (SSSR count). The van der Waals surface area contributed by atoms with Crippen molar-refractivity contribution in [3.05, 3.63) is 59.7 Å². The van der Waals surface area contributed by atoms with Crippen molar-refractivity contribution in [2.45, 2.75) is 19.8 Å². The second-order valence-corrected chi connectivity index (χ2v) is 6.43. The van der Waals surface area contributed by atoms with Crippen LogP contribution < -0.4 is 10.6 Å². The molecular weight excluding hydrogens is 332 g/mol. The van der Waals surface area contributed by atoms with Crippen LogP contribution in [0.2, 0.25) is 0 Å². The largest absolute Gasteiger partial charge is 0.465 e. The number of hydrogen-bond donors (Lipinski definition) is 2. The number of esters is 1. The number of anilines is 2. The highest BCUT2D eigenvalue weighted by Crippen LogP contribution is 2.47. The van der Waals surface area contributed by atoms with E-state index in [-0.39, 0.29) is 11.8 Å². The van der Waals surface area contributed by atoms with Crippen molar-refractivity contribution in [1.29, 1.82) is 0 Å². The van der Waals surface area contributed by atoms with E-state index in [0.717, 1.165) is 5.56 Å². The maximum atomic E-state index is 12.6. The summed E-state index contributed by atoms with van der Waals surface area (Å²) in [5.74, 6) is -1.08. The van der Waals surface area contributed by atoms with E-state index in [1.54, 1.807) is 30.3 Å². The molecule has 0 unspecified atom stereocenters. The monoisotopic (exact) mass is 352 g/mol. The van der Waals surface area contributed by atoms with Crippen LogP contribution in [0.1, 0.15) is 28.8 Å². The van der Waals surface area contributed by atoms with Gasteiger partial charge < -0.3 is 15.4 Å². The predicted molar refractivity (Wildman–Crippen MR) is 97.9 cm³/mol. The molecule has 2 amide bonds. The second-order valence-electron chi connectivity index (χ2n) is 6.43. The number of carbonyl (C=O) groups excluding carboxylic acids is 3. The molecule has 2 aromatic rings. The molecule has 134 valence electrons. The average Bonchev–Trinajstić information content (AvgIpc) is 3.44. The highest BCUT2D eigenvalue weighted by atomic mass is 16.5. The van der Waals surface area contributed by atoms with Gasteiger partial charge in [-0.3, -0.25) is 9.59 Å². The summed E-state index contributed by atoms with van der Waals surface area (Å²) in [4.78, 5) is 36.6. The molecule has 2 N–H and O–H groups in total. The summed E-state index contributed by atoms with van der Waals surface area (Å²) in [5.41, 5.74) is 1.59. The number of ether oxygens (including phenoxy) is 1. The Hall–Kier alpha value is -3.15. The first-order valence-corrected chi connectivity index (χ1v) is 8.32. The van der Waals surface area contributed by atoms with E-state index >= 15 is 0 Å². The predicted octanol–water partition coefficient (Wildman–Crippen LogP) is 3.14. The van der Waals surface area contributed by atoms with Crippen LogP contribution >= 0.6 is 0 Å². The molecule has 0 radical (unpaired) electrons. The number of aryl methyl sites for hydroxylation is 1. The maximum Gasteiger partial charge on any atom is 0.337 e. The molecule has 26 heavy (non-hydrogen) atoms. The molecule has 6 nitrogen and oxygen atoms in total. The van der Waals surface area contributed by atoms with E-state index in [0.29, 0.717) is 29.8 Å². The highest BCUT2D eigenvalue weighted by Gasteiger charge is 2.56. The molecule has 0 spiro atoms. The van der Waals surface area contributed by atoms with Crippen molar-refractivity contribution >= 4 is 29.2 Å². The first-order valence-electron chi connectivity index (χ1n) is 8.32. The van der Waals surface area contributed by atoms with Crippen LogP contribution in [0.15, 0.2) is 48.5 Å². The molecule has 1 fully saturated rings. The number of nitrogens with one attached hydrogen (secondary N) is 2. The standard InChI is InChI=1S/C20H20N2O4/c1-13-4-3-5-16(12-13)22-19(25)20(10-11-20)18(24)21-15-8-6-14(7-9-15)17(23)26-2/h3-9,12H,10-11H2,1-2H3,(H,21,24)(H,22,25). The molecule has 0 atom stereocenters. The minimum absolute atomic E-state index is 0.299. The fourth-order valence-corrected chi connectivity index (χ4v) is 2.71. The van der Waals surface area contributed by atoms with Crippen molar-refractivity contribution < 1.29 is 19.1 Å². The fourth-order valence-electron chi connectivity index (χ4n) is 2.71. The first-order chi connectivity index (χ1) is 12.4. The minimum Gasteiger partial charge on any atom is -0.465 e. The van der Waals surface area contributed by atoms with Crippen molar-refractivity contribution in [3.63, 3.8) is 0 Å². The van der Waals surface area contributed by atoms with Crippen molar-refractivity contribution in [3.8, 4) is 0 Å². The molecule has 1 saturated carbocycles. The van der Waals surface area contributed by atoms with E-state index in [2.05, 4.69) is 15.4 Å². The van der Waals surface area contributed by atoms with Gasteiger partial charge >= 0.3 is 5.97 Å². The van der Waals surface area contributed by atoms with Crippen LogP contribution in [0.25, 0.3) is 0 Å². The molecule has 2 aromatic carbocycles. The van der Waals surface area contributed by atoms with Gasteiger partial charge in [-0.05, 0) is 61.7 Å². The second kappa shape index (κ2) is 7.00. The summed E-state index contributed by atoms with van der Waals surface area (Å²) in [6, 6.07) is 13.8. The number of carbonyl (C=O) groups is 3. The Kier molecular flexibility index (Phi) is 4.75. The number of benzene rings is 2. The number of hydrogen-bond acceptors (Lipinski definition) is 4. The lowest BCUT2D eigenvalue weighted by molar-refractivity contribution is -0.131. The molecule has 0 heterocycles. The van der Waals surface area contributed by atoms with Gasteiger partial charge in [0, 0.05) is 11.4 Å². The summed E-state index contributed by atoms with van der Waals surface area (Å²) in [6.45, 7) is 1.94. The van der Waals surface area contributed by atoms with Crippen LogP contribution in [0, 0.1) is 12.3 Å². The Morgan fingerprint density at radius 1 is 0.923 bits per heavy atom. The van der Waals surface area contributed by atoms with Gasteiger partial charge in [-0.2, -0.15) is 0 Å². The van der Waals surface area contributed by atoms with Gasteiger partial charge in [0.1, 0.15) is 5.41 Å². The topological polar surface area (TPSA) is 84.5 Å². The fraction of sp³-hybridized carbons (Fsp3) is 0.250. The Bertz CT molecular complexity index is 854. The molecule has 0 saturated heterocycles. The lowest BCUT2D eigenvalue weighted by atomic mass is 10.0. The molecule has 1 aliphatic carbocycles. The quantitative estimate of drug-likeness (QED) is 0.639. The zero-order chi connectivity index (χ0) is 18.7. The van der Waals surface area contributed by atoms with E-state index < -0.39 is 11.4 Å². The molecule has 0 aliphatic heterocycles. The third-order valence-electron chi connectivity index (χ3n) is 4.46. The van der Waals surface area contributed by atoms with E-state index in [4.69, 9.17) is 0 Å². The molecule has 6 heteroatoms. The van der Waals surface area contributed by atoms with Crippen LogP contribution in [0.3, 0.4) is 0 Å². The van der Waals surface area contributed by atoms with Gasteiger partial charge in [-0.25, -0.2) is 4.79 Å². The summed E-state index contributed by atoms with van der Waals surface area (Å²) >= 11 is 0. The normalized spacial score (nSPS) is 14.2. The maximum absolute atomic E-state index is 12.6. The van der Waals surface area contributed by atoms with Gasteiger partial charge in [0.2, 0.25) is 11.8 Å².